The van der Waals surface area contributed by atoms with Crippen molar-refractivity contribution in [2.24, 2.45) is 0 Å². The molecule has 8 heteroatoms. The first kappa shape index (κ1) is 15.9. The van der Waals surface area contributed by atoms with Gasteiger partial charge < -0.3 is 15.1 Å². The number of hydrogen-bond donors (Lipinski definition) is 1. The number of anilines is 1. The highest BCUT2D eigenvalue weighted by Crippen LogP contribution is 2.19. The Balaban J connectivity index is 1.51. The molecular formula is C15H18N4O2S2. The molecule has 0 bridgehead atoms. The Bertz CT molecular complexity index is 649. The van der Waals surface area contributed by atoms with Gasteiger partial charge in [0.2, 0.25) is 5.91 Å². The second kappa shape index (κ2) is 7.10. The Morgan fingerprint density at radius 2 is 2.00 bits per heavy atom. The zero-order chi connectivity index (χ0) is 16.2. The third kappa shape index (κ3) is 3.70. The van der Waals surface area contributed by atoms with Crippen molar-refractivity contribution in [3.8, 4) is 0 Å². The van der Waals surface area contributed by atoms with Crippen molar-refractivity contribution < 1.29 is 9.59 Å². The summed E-state index contributed by atoms with van der Waals surface area (Å²) in [6.45, 7) is 4.58. The van der Waals surface area contributed by atoms with Gasteiger partial charge in [-0.15, -0.1) is 22.7 Å². The molecule has 0 aromatic carbocycles. The van der Waals surface area contributed by atoms with Gasteiger partial charge in [-0.3, -0.25) is 9.59 Å². The molecule has 1 N–H and O–H groups in total. The number of nitrogens with one attached hydrogen (secondary N) is 1. The minimum atomic E-state index is -0.518. The average molecular weight is 350 g/mol. The number of piperazine rings is 1. The maximum atomic E-state index is 12.5. The summed E-state index contributed by atoms with van der Waals surface area (Å²) in [5.41, 5.74) is 0. The molecule has 23 heavy (non-hydrogen) atoms. The lowest BCUT2D eigenvalue weighted by molar-refractivity contribution is -0.133. The molecule has 0 spiro atoms. The smallest absolute Gasteiger partial charge is 0.261 e. The molecule has 0 radical (unpaired) electrons. The van der Waals surface area contributed by atoms with Gasteiger partial charge in [-0.2, -0.15) is 0 Å². The van der Waals surface area contributed by atoms with Crippen LogP contribution in [0, 0.1) is 0 Å². The van der Waals surface area contributed by atoms with Crippen LogP contribution in [0.1, 0.15) is 16.6 Å². The Hall–Kier alpha value is -1.93. The molecule has 0 saturated carbocycles. The number of nitrogens with zero attached hydrogens (tertiary/aromatic N) is 3. The van der Waals surface area contributed by atoms with Crippen LogP contribution in [-0.2, 0) is 4.79 Å². The molecular weight excluding hydrogens is 332 g/mol. The van der Waals surface area contributed by atoms with Crippen LogP contribution in [0.4, 0.5) is 5.13 Å². The SMILES string of the molecule is CC(NC(=O)c1cccs1)C(=O)N1CCN(c2nccs2)CC1. The summed E-state index contributed by atoms with van der Waals surface area (Å²) < 4.78 is 0. The van der Waals surface area contributed by atoms with Crippen molar-refractivity contribution in [2.45, 2.75) is 13.0 Å². The molecule has 2 aromatic heterocycles. The summed E-state index contributed by atoms with van der Waals surface area (Å²) in [5, 5.41) is 7.57. The molecule has 122 valence electrons. The Labute approximate surface area is 142 Å². The van der Waals surface area contributed by atoms with Gasteiger partial charge in [0, 0.05) is 37.8 Å². The third-order valence-corrected chi connectivity index (χ3v) is 5.44. The molecule has 0 aliphatic carbocycles. The van der Waals surface area contributed by atoms with Crippen molar-refractivity contribution in [3.05, 3.63) is 34.0 Å². The molecule has 2 amide bonds. The van der Waals surface area contributed by atoms with Gasteiger partial charge in [-0.25, -0.2) is 4.98 Å². The highest BCUT2D eigenvalue weighted by molar-refractivity contribution is 7.13. The number of rotatable bonds is 4. The minimum absolute atomic E-state index is 0.0336. The fraction of sp³-hybridized carbons (Fsp3) is 0.400. The number of amides is 2. The van der Waals surface area contributed by atoms with Crippen molar-refractivity contribution in [3.63, 3.8) is 0 Å². The maximum Gasteiger partial charge on any atom is 0.261 e. The van der Waals surface area contributed by atoms with Crippen LogP contribution < -0.4 is 10.2 Å². The van der Waals surface area contributed by atoms with Crippen molar-refractivity contribution >= 4 is 39.6 Å². The van der Waals surface area contributed by atoms with Gasteiger partial charge >= 0.3 is 0 Å². The summed E-state index contributed by atoms with van der Waals surface area (Å²) in [6.07, 6.45) is 1.79. The van der Waals surface area contributed by atoms with Crippen LogP contribution in [0.2, 0.25) is 0 Å². The number of aromatic nitrogens is 1. The number of carbonyl (C=O) groups excluding carboxylic acids is 2. The Kier molecular flexibility index (Phi) is 4.92. The molecule has 1 aliphatic rings. The second-order valence-electron chi connectivity index (χ2n) is 5.30. The average Bonchev–Trinajstić information content (AvgIpc) is 3.27. The zero-order valence-corrected chi connectivity index (χ0v) is 14.4. The summed E-state index contributed by atoms with van der Waals surface area (Å²) in [6, 6.07) is 3.06. The van der Waals surface area contributed by atoms with Crippen LogP contribution in [0.25, 0.3) is 0 Å². The predicted molar refractivity (Wildman–Crippen MR) is 92.2 cm³/mol. The molecule has 1 atom stereocenters. The van der Waals surface area contributed by atoms with E-state index in [9.17, 15) is 9.59 Å². The van der Waals surface area contributed by atoms with E-state index in [-0.39, 0.29) is 11.8 Å². The zero-order valence-electron chi connectivity index (χ0n) is 12.8. The Morgan fingerprint density at radius 1 is 1.22 bits per heavy atom. The van der Waals surface area contributed by atoms with Crippen molar-refractivity contribution in [1.29, 1.82) is 0 Å². The van der Waals surface area contributed by atoms with E-state index in [4.69, 9.17) is 0 Å². The van der Waals surface area contributed by atoms with E-state index in [1.54, 1.807) is 30.5 Å². The fourth-order valence-corrected chi connectivity index (χ4v) is 3.82. The fourth-order valence-electron chi connectivity index (χ4n) is 2.50. The van der Waals surface area contributed by atoms with Gasteiger partial charge in [0.1, 0.15) is 6.04 Å². The van der Waals surface area contributed by atoms with E-state index in [1.807, 2.05) is 21.7 Å². The van der Waals surface area contributed by atoms with Gasteiger partial charge in [0.25, 0.3) is 5.91 Å². The minimum Gasteiger partial charge on any atom is -0.345 e. The van der Waals surface area contributed by atoms with E-state index >= 15 is 0 Å². The maximum absolute atomic E-state index is 12.5. The number of thiophene rings is 1. The van der Waals surface area contributed by atoms with Gasteiger partial charge in [0.15, 0.2) is 5.13 Å². The Morgan fingerprint density at radius 3 is 2.61 bits per heavy atom. The molecule has 6 nitrogen and oxygen atoms in total. The standard InChI is InChI=1S/C15H18N4O2S2/c1-11(17-13(20)12-3-2-9-22-12)14(21)18-5-7-19(8-6-18)15-16-4-10-23-15/h2-4,9-11H,5-8H2,1H3,(H,17,20). The van der Waals surface area contributed by atoms with Gasteiger partial charge in [-0.1, -0.05) is 6.07 Å². The first-order chi connectivity index (χ1) is 11.1. The normalized spacial score (nSPS) is 16.2. The van der Waals surface area contributed by atoms with E-state index in [2.05, 4.69) is 15.2 Å². The van der Waals surface area contributed by atoms with E-state index in [0.29, 0.717) is 18.0 Å². The first-order valence-corrected chi connectivity index (χ1v) is 9.18. The monoisotopic (exact) mass is 350 g/mol. The predicted octanol–water partition coefficient (Wildman–Crippen LogP) is 1.67. The lowest BCUT2D eigenvalue weighted by atomic mass is 10.2. The van der Waals surface area contributed by atoms with Crippen LogP contribution in [0.15, 0.2) is 29.1 Å². The molecule has 1 unspecified atom stereocenters. The molecule has 1 saturated heterocycles. The summed E-state index contributed by atoms with van der Waals surface area (Å²) >= 11 is 2.98. The number of carbonyl (C=O) groups is 2. The van der Waals surface area contributed by atoms with E-state index in [0.717, 1.165) is 18.2 Å². The molecule has 1 fully saturated rings. The molecule has 3 heterocycles. The third-order valence-electron chi connectivity index (χ3n) is 3.74. The van der Waals surface area contributed by atoms with Gasteiger partial charge in [-0.05, 0) is 18.4 Å². The van der Waals surface area contributed by atoms with Crippen LogP contribution in [0.5, 0.6) is 0 Å². The summed E-state index contributed by atoms with van der Waals surface area (Å²) in [4.78, 5) is 33.4. The highest BCUT2D eigenvalue weighted by Gasteiger charge is 2.26. The highest BCUT2D eigenvalue weighted by atomic mass is 32.1. The largest absolute Gasteiger partial charge is 0.345 e. The lowest BCUT2D eigenvalue weighted by Gasteiger charge is -2.35. The summed E-state index contributed by atoms with van der Waals surface area (Å²) in [7, 11) is 0. The molecule has 2 aromatic rings. The second-order valence-corrected chi connectivity index (χ2v) is 7.12. The van der Waals surface area contributed by atoms with Crippen molar-refractivity contribution in [2.75, 3.05) is 31.1 Å². The quantitative estimate of drug-likeness (QED) is 0.911. The lowest BCUT2D eigenvalue weighted by Crippen LogP contribution is -2.54. The van der Waals surface area contributed by atoms with Crippen LogP contribution >= 0.6 is 22.7 Å². The summed E-state index contributed by atoms with van der Waals surface area (Å²) in [5.74, 6) is -0.226. The number of thiazole rings is 1. The van der Waals surface area contributed by atoms with E-state index in [1.165, 1.54) is 11.3 Å². The molecule has 3 rings (SSSR count). The number of hydrogen-bond acceptors (Lipinski definition) is 6. The van der Waals surface area contributed by atoms with Crippen molar-refractivity contribution in [1.82, 2.24) is 15.2 Å². The van der Waals surface area contributed by atoms with Gasteiger partial charge in [0.05, 0.1) is 4.88 Å². The topological polar surface area (TPSA) is 65.5 Å². The molecule has 1 aliphatic heterocycles. The van der Waals surface area contributed by atoms with Crippen LogP contribution in [0.3, 0.4) is 0 Å². The first-order valence-electron chi connectivity index (χ1n) is 7.43. The van der Waals surface area contributed by atoms with E-state index < -0.39 is 6.04 Å². The van der Waals surface area contributed by atoms with Crippen LogP contribution in [-0.4, -0.2) is 53.9 Å².